The first-order chi connectivity index (χ1) is 7.25. The van der Waals surface area contributed by atoms with Crippen LogP contribution < -0.4 is 5.73 Å². The van der Waals surface area contributed by atoms with Gasteiger partial charge in [-0.05, 0) is 25.3 Å². The van der Waals surface area contributed by atoms with Crippen LogP contribution in [0.1, 0.15) is 25.0 Å². The van der Waals surface area contributed by atoms with Crippen LogP contribution in [0.4, 0.5) is 5.82 Å². The van der Waals surface area contributed by atoms with Gasteiger partial charge in [-0.2, -0.15) is 5.10 Å². The average molecular weight is 228 g/mol. The number of nitrogen functional groups attached to an aromatic ring is 1. The van der Waals surface area contributed by atoms with Gasteiger partial charge in [-0.1, -0.05) is 11.6 Å². The zero-order valence-electron chi connectivity index (χ0n) is 8.45. The Bertz CT molecular complexity index is 339. The Morgan fingerprint density at radius 3 is 3.00 bits per heavy atom. The number of rotatable bonds is 2. The molecule has 1 fully saturated rings. The molecular formula is C10H14ClN3O. The fraction of sp³-hybridized carbons (Fsp3) is 0.600. The Morgan fingerprint density at radius 2 is 2.33 bits per heavy atom. The summed E-state index contributed by atoms with van der Waals surface area (Å²) in [7, 11) is 0. The fourth-order valence-corrected chi connectivity index (χ4v) is 1.88. The highest BCUT2D eigenvalue weighted by Gasteiger charge is 2.15. The molecule has 1 unspecified atom stereocenters. The minimum absolute atomic E-state index is 0.257. The van der Waals surface area contributed by atoms with Crippen LogP contribution in [0.2, 0.25) is 5.02 Å². The van der Waals surface area contributed by atoms with Crippen molar-refractivity contribution in [1.29, 1.82) is 0 Å². The van der Waals surface area contributed by atoms with Gasteiger partial charge in [-0.25, -0.2) is 0 Å². The predicted molar refractivity (Wildman–Crippen MR) is 58.7 cm³/mol. The van der Waals surface area contributed by atoms with E-state index < -0.39 is 0 Å². The molecule has 82 valence electrons. The number of ether oxygens (including phenoxy) is 1. The summed E-state index contributed by atoms with van der Waals surface area (Å²) >= 11 is 5.86. The lowest BCUT2D eigenvalue weighted by molar-refractivity contribution is 0.0161. The second-order valence-corrected chi connectivity index (χ2v) is 4.17. The third kappa shape index (κ3) is 2.79. The van der Waals surface area contributed by atoms with Gasteiger partial charge in [0.05, 0.1) is 16.8 Å². The normalized spacial score (nSPS) is 21.5. The van der Waals surface area contributed by atoms with Crippen LogP contribution >= 0.6 is 11.6 Å². The molecule has 1 saturated heterocycles. The van der Waals surface area contributed by atoms with Crippen LogP contribution in [0.15, 0.2) is 6.07 Å². The van der Waals surface area contributed by atoms with Crippen molar-refractivity contribution in [3.8, 4) is 0 Å². The summed E-state index contributed by atoms with van der Waals surface area (Å²) in [6.45, 7) is 0.848. The molecular weight excluding hydrogens is 214 g/mol. The van der Waals surface area contributed by atoms with E-state index in [1.165, 1.54) is 6.42 Å². The van der Waals surface area contributed by atoms with Crippen molar-refractivity contribution in [2.75, 3.05) is 12.3 Å². The summed E-state index contributed by atoms with van der Waals surface area (Å²) in [6.07, 6.45) is 4.50. The third-order valence-corrected chi connectivity index (χ3v) is 2.84. The number of halogens is 1. The first kappa shape index (κ1) is 10.6. The standard InChI is InChI=1S/C10H14ClN3O/c11-9-6-7(13-14-10(9)12)5-8-3-1-2-4-15-8/h6,8H,1-5H2,(H2,12,14). The largest absolute Gasteiger partial charge is 0.381 e. The van der Waals surface area contributed by atoms with Crippen molar-refractivity contribution >= 4 is 17.4 Å². The van der Waals surface area contributed by atoms with E-state index >= 15 is 0 Å². The number of hydrogen-bond acceptors (Lipinski definition) is 4. The Hall–Kier alpha value is -0.870. The lowest BCUT2D eigenvalue weighted by atomic mass is 10.0. The quantitative estimate of drug-likeness (QED) is 0.837. The van der Waals surface area contributed by atoms with Crippen LogP contribution in [0.5, 0.6) is 0 Å². The predicted octanol–water partition coefficient (Wildman–Crippen LogP) is 1.82. The van der Waals surface area contributed by atoms with Gasteiger partial charge in [0.25, 0.3) is 0 Å². The van der Waals surface area contributed by atoms with Gasteiger partial charge < -0.3 is 10.5 Å². The van der Waals surface area contributed by atoms with Gasteiger partial charge in [0.2, 0.25) is 0 Å². The van der Waals surface area contributed by atoms with Crippen molar-refractivity contribution in [1.82, 2.24) is 10.2 Å². The number of nitrogens with two attached hydrogens (primary N) is 1. The third-order valence-electron chi connectivity index (χ3n) is 2.54. The molecule has 0 radical (unpaired) electrons. The molecule has 0 bridgehead atoms. The van der Waals surface area contributed by atoms with E-state index in [0.29, 0.717) is 5.02 Å². The Morgan fingerprint density at radius 1 is 1.47 bits per heavy atom. The molecule has 1 aliphatic heterocycles. The van der Waals surface area contributed by atoms with Gasteiger partial charge in [0.15, 0.2) is 5.82 Å². The number of anilines is 1. The highest BCUT2D eigenvalue weighted by molar-refractivity contribution is 6.32. The summed E-state index contributed by atoms with van der Waals surface area (Å²) in [6, 6.07) is 1.77. The number of hydrogen-bond donors (Lipinski definition) is 1. The zero-order valence-corrected chi connectivity index (χ0v) is 9.20. The van der Waals surface area contributed by atoms with Gasteiger partial charge >= 0.3 is 0 Å². The SMILES string of the molecule is Nc1nnc(CC2CCCCO2)cc1Cl. The lowest BCUT2D eigenvalue weighted by Crippen LogP contribution is -2.22. The minimum Gasteiger partial charge on any atom is -0.381 e. The second-order valence-electron chi connectivity index (χ2n) is 3.76. The Kier molecular flexibility index (Phi) is 3.38. The fourth-order valence-electron chi connectivity index (χ4n) is 1.72. The lowest BCUT2D eigenvalue weighted by Gasteiger charge is -2.21. The Labute approximate surface area is 93.8 Å². The van der Waals surface area contributed by atoms with E-state index in [2.05, 4.69) is 10.2 Å². The molecule has 0 aromatic carbocycles. The smallest absolute Gasteiger partial charge is 0.164 e. The van der Waals surface area contributed by atoms with Crippen molar-refractivity contribution in [2.24, 2.45) is 0 Å². The van der Waals surface area contributed by atoms with E-state index in [-0.39, 0.29) is 11.9 Å². The zero-order chi connectivity index (χ0) is 10.7. The molecule has 1 aliphatic rings. The van der Waals surface area contributed by atoms with E-state index in [9.17, 15) is 0 Å². The molecule has 0 saturated carbocycles. The first-order valence-corrected chi connectivity index (χ1v) is 5.52. The minimum atomic E-state index is 0.257. The molecule has 5 heteroatoms. The maximum absolute atomic E-state index is 5.86. The topological polar surface area (TPSA) is 61.0 Å². The highest BCUT2D eigenvalue weighted by atomic mass is 35.5. The maximum atomic E-state index is 5.86. The van der Waals surface area contributed by atoms with Crippen LogP contribution in [-0.2, 0) is 11.2 Å². The van der Waals surface area contributed by atoms with Crippen LogP contribution in [0.25, 0.3) is 0 Å². The van der Waals surface area contributed by atoms with E-state index in [1.54, 1.807) is 6.07 Å². The van der Waals surface area contributed by atoms with Gasteiger partial charge in [-0.3, -0.25) is 0 Å². The molecule has 1 aromatic rings. The first-order valence-electron chi connectivity index (χ1n) is 5.15. The van der Waals surface area contributed by atoms with E-state index in [0.717, 1.165) is 31.6 Å². The van der Waals surface area contributed by atoms with Crippen molar-refractivity contribution in [2.45, 2.75) is 31.8 Å². The van der Waals surface area contributed by atoms with Crippen molar-refractivity contribution in [3.05, 3.63) is 16.8 Å². The monoisotopic (exact) mass is 227 g/mol. The van der Waals surface area contributed by atoms with Crippen LogP contribution in [0, 0.1) is 0 Å². The van der Waals surface area contributed by atoms with Gasteiger partial charge in [-0.15, -0.1) is 5.10 Å². The second kappa shape index (κ2) is 4.77. The molecule has 4 nitrogen and oxygen atoms in total. The number of aromatic nitrogens is 2. The highest BCUT2D eigenvalue weighted by Crippen LogP contribution is 2.19. The Balaban J connectivity index is 2.00. The molecule has 1 aromatic heterocycles. The number of nitrogens with zero attached hydrogens (tertiary/aromatic N) is 2. The molecule has 2 heterocycles. The average Bonchev–Trinajstić information content (AvgIpc) is 2.25. The molecule has 15 heavy (non-hydrogen) atoms. The van der Waals surface area contributed by atoms with Gasteiger partial charge in [0, 0.05) is 13.0 Å². The molecule has 0 amide bonds. The van der Waals surface area contributed by atoms with E-state index in [1.807, 2.05) is 0 Å². The molecule has 1 atom stereocenters. The van der Waals surface area contributed by atoms with Crippen LogP contribution in [0.3, 0.4) is 0 Å². The van der Waals surface area contributed by atoms with Gasteiger partial charge in [0.1, 0.15) is 0 Å². The molecule has 2 N–H and O–H groups in total. The maximum Gasteiger partial charge on any atom is 0.164 e. The van der Waals surface area contributed by atoms with Crippen LogP contribution in [-0.4, -0.2) is 22.9 Å². The molecule has 2 rings (SSSR count). The van der Waals surface area contributed by atoms with Crippen molar-refractivity contribution < 1.29 is 4.74 Å². The molecule has 0 aliphatic carbocycles. The summed E-state index contributed by atoms with van der Waals surface area (Å²) in [5, 5.41) is 8.25. The summed E-state index contributed by atoms with van der Waals surface area (Å²) in [5.41, 5.74) is 6.33. The summed E-state index contributed by atoms with van der Waals surface area (Å²) in [5.74, 6) is 0.282. The van der Waals surface area contributed by atoms with Crippen molar-refractivity contribution in [3.63, 3.8) is 0 Å². The molecule has 0 spiro atoms. The summed E-state index contributed by atoms with van der Waals surface area (Å²) < 4.78 is 5.61. The summed E-state index contributed by atoms with van der Waals surface area (Å²) in [4.78, 5) is 0. The van der Waals surface area contributed by atoms with E-state index in [4.69, 9.17) is 22.1 Å².